The predicted molar refractivity (Wildman–Crippen MR) is 85.5 cm³/mol. The van der Waals surface area contributed by atoms with Crippen LogP contribution in [0.5, 0.6) is 0 Å². The molecule has 2 heterocycles. The van der Waals surface area contributed by atoms with Crippen LogP contribution in [0.3, 0.4) is 0 Å². The minimum absolute atomic E-state index is 0.0592. The molecule has 1 unspecified atom stereocenters. The van der Waals surface area contributed by atoms with Gasteiger partial charge in [-0.05, 0) is 62.1 Å². The molecule has 5 nitrogen and oxygen atoms in total. The monoisotopic (exact) mass is 342 g/mol. The highest BCUT2D eigenvalue weighted by Crippen LogP contribution is 2.25. The van der Waals surface area contributed by atoms with Crippen LogP contribution >= 0.6 is 15.9 Å². The second-order valence-electron chi connectivity index (χ2n) is 5.63. The van der Waals surface area contributed by atoms with E-state index in [0.717, 1.165) is 31.6 Å². The van der Waals surface area contributed by atoms with Gasteiger partial charge in [-0.2, -0.15) is 5.10 Å². The SMILES string of the molecule is CC(C)n1ncc(N(C)C2CCCNCC2)c(Br)c1=O. The summed E-state index contributed by atoms with van der Waals surface area (Å²) < 4.78 is 2.12. The molecule has 2 rings (SSSR count). The van der Waals surface area contributed by atoms with Crippen molar-refractivity contribution in [1.82, 2.24) is 15.1 Å². The molecule has 0 aromatic carbocycles. The van der Waals surface area contributed by atoms with Crippen molar-refractivity contribution >= 4 is 21.6 Å². The van der Waals surface area contributed by atoms with Crippen LogP contribution in [-0.2, 0) is 0 Å². The molecule has 1 atom stereocenters. The quantitative estimate of drug-likeness (QED) is 0.914. The smallest absolute Gasteiger partial charge is 0.283 e. The van der Waals surface area contributed by atoms with E-state index in [1.807, 2.05) is 13.8 Å². The second kappa shape index (κ2) is 6.72. The number of aromatic nitrogens is 2. The molecule has 1 aliphatic heterocycles. The number of hydrogen-bond acceptors (Lipinski definition) is 4. The molecule has 0 radical (unpaired) electrons. The van der Waals surface area contributed by atoms with Crippen LogP contribution in [0.15, 0.2) is 15.5 Å². The Hall–Kier alpha value is -0.880. The number of nitrogens with zero attached hydrogens (tertiary/aromatic N) is 3. The Kier molecular flexibility index (Phi) is 5.21. The molecule has 1 aliphatic rings. The van der Waals surface area contributed by atoms with Gasteiger partial charge in [0, 0.05) is 13.1 Å². The first-order chi connectivity index (χ1) is 9.52. The van der Waals surface area contributed by atoms with E-state index in [1.54, 1.807) is 6.20 Å². The highest BCUT2D eigenvalue weighted by molar-refractivity contribution is 9.10. The molecule has 112 valence electrons. The Balaban J connectivity index is 2.28. The average molecular weight is 343 g/mol. The van der Waals surface area contributed by atoms with Gasteiger partial charge in [0.1, 0.15) is 4.47 Å². The normalized spacial score (nSPS) is 19.9. The largest absolute Gasteiger partial charge is 0.369 e. The molecule has 0 aliphatic carbocycles. The van der Waals surface area contributed by atoms with Crippen molar-refractivity contribution in [3.63, 3.8) is 0 Å². The van der Waals surface area contributed by atoms with Crippen molar-refractivity contribution in [2.45, 2.75) is 45.2 Å². The van der Waals surface area contributed by atoms with Crippen LogP contribution in [0.2, 0.25) is 0 Å². The molecule has 1 N–H and O–H groups in total. The van der Waals surface area contributed by atoms with Crippen molar-refractivity contribution in [3.05, 3.63) is 21.0 Å². The maximum Gasteiger partial charge on any atom is 0.283 e. The van der Waals surface area contributed by atoms with Crippen molar-refractivity contribution in [2.24, 2.45) is 0 Å². The summed E-state index contributed by atoms with van der Waals surface area (Å²) in [5.74, 6) is 0. The van der Waals surface area contributed by atoms with Gasteiger partial charge in [0.25, 0.3) is 5.56 Å². The van der Waals surface area contributed by atoms with Crippen LogP contribution in [-0.4, -0.2) is 36.0 Å². The molecule has 0 saturated carbocycles. The first kappa shape index (κ1) is 15.5. The van der Waals surface area contributed by atoms with Gasteiger partial charge in [0.2, 0.25) is 0 Å². The number of rotatable bonds is 3. The lowest BCUT2D eigenvalue weighted by molar-refractivity contribution is 0.497. The van der Waals surface area contributed by atoms with Gasteiger partial charge < -0.3 is 10.2 Å². The summed E-state index contributed by atoms with van der Waals surface area (Å²) in [6.45, 7) is 6.03. The van der Waals surface area contributed by atoms with Gasteiger partial charge in [0.15, 0.2) is 0 Å². The van der Waals surface area contributed by atoms with Crippen LogP contribution in [0, 0.1) is 0 Å². The van der Waals surface area contributed by atoms with E-state index in [0.29, 0.717) is 10.5 Å². The molecule has 20 heavy (non-hydrogen) atoms. The minimum atomic E-state index is -0.0592. The van der Waals surface area contributed by atoms with E-state index in [2.05, 4.69) is 38.3 Å². The zero-order chi connectivity index (χ0) is 14.7. The average Bonchev–Trinajstić information content (AvgIpc) is 2.69. The van der Waals surface area contributed by atoms with Gasteiger partial charge in [-0.25, -0.2) is 4.68 Å². The fourth-order valence-electron chi connectivity index (χ4n) is 2.63. The fourth-order valence-corrected chi connectivity index (χ4v) is 3.20. The van der Waals surface area contributed by atoms with E-state index in [1.165, 1.54) is 11.1 Å². The van der Waals surface area contributed by atoms with Crippen molar-refractivity contribution in [2.75, 3.05) is 25.0 Å². The number of nitrogens with one attached hydrogen (secondary N) is 1. The standard InChI is InChI=1S/C14H23BrN4O/c1-10(2)19-14(20)13(15)12(9-17-19)18(3)11-5-4-7-16-8-6-11/h9-11,16H,4-8H2,1-3H3. The molecule has 0 spiro atoms. The van der Waals surface area contributed by atoms with Gasteiger partial charge in [-0.15, -0.1) is 0 Å². The van der Waals surface area contributed by atoms with E-state index in [4.69, 9.17) is 0 Å². The van der Waals surface area contributed by atoms with Crippen molar-refractivity contribution in [1.29, 1.82) is 0 Å². The highest BCUT2D eigenvalue weighted by atomic mass is 79.9. The molecule has 0 amide bonds. The van der Waals surface area contributed by atoms with E-state index in [9.17, 15) is 4.79 Å². The summed E-state index contributed by atoms with van der Waals surface area (Å²) in [7, 11) is 2.05. The second-order valence-corrected chi connectivity index (χ2v) is 6.43. The summed E-state index contributed by atoms with van der Waals surface area (Å²) in [5.41, 5.74) is 0.829. The van der Waals surface area contributed by atoms with Gasteiger partial charge >= 0.3 is 0 Å². The molecule has 1 aromatic heterocycles. The van der Waals surface area contributed by atoms with Crippen molar-refractivity contribution in [3.8, 4) is 0 Å². The van der Waals surface area contributed by atoms with Gasteiger partial charge in [-0.1, -0.05) is 0 Å². The molecular weight excluding hydrogens is 320 g/mol. The molecule has 1 saturated heterocycles. The number of hydrogen-bond donors (Lipinski definition) is 1. The Labute approximate surface area is 128 Å². The number of halogens is 1. The van der Waals surface area contributed by atoms with Gasteiger partial charge in [0.05, 0.1) is 17.9 Å². The molecular formula is C14H23BrN4O. The summed E-state index contributed by atoms with van der Waals surface area (Å²) in [4.78, 5) is 14.5. The van der Waals surface area contributed by atoms with E-state index in [-0.39, 0.29) is 11.6 Å². The van der Waals surface area contributed by atoms with Crippen LogP contribution in [0.4, 0.5) is 5.69 Å². The van der Waals surface area contributed by atoms with Crippen LogP contribution in [0.25, 0.3) is 0 Å². The lowest BCUT2D eigenvalue weighted by Crippen LogP contribution is -2.35. The van der Waals surface area contributed by atoms with Crippen LogP contribution < -0.4 is 15.8 Å². The fraction of sp³-hybridized carbons (Fsp3) is 0.714. The van der Waals surface area contributed by atoms with Gasteiger partial charge in [-0.3, -0.25) is 4.79 Å². The van der Waals surface area contributed by atoms with E-state index >= 15 is 0 Å². The maximum atomic E-state index is 12.3. The Morgan fingerprint density at radius 3 is 2.90 bits per heavy atom. The third-order valence-corrected chi connectivity index (χ3v) is 4.63. The molecule has 1 aromatic rings. The van der Waals surface area contributed by atoms with E-state index < -0.39 is 0 Å². The number of anilines is 1. The van der Waals surface area contributed by atoms with Crippen molar-refractivity contribution < 1.29 is 0 Å². The molecule has 0 bridgehead atoms. The Bertz CT molecular complexity index is 506. The Morgan fingerprint density at radius 2 is 2.20 bits per heavy atom. The van der Waals surface area contributed by atoms with Crippen LogP contribution in [0.1, 0.15) is 39.2 Å². The third-order valence-electron chi connectivity index (χ3n) is 3.89. The highest BCUT2D eigenvalue weighted by Gasteiger charge is 2.21. The third kappa shape index (κ3) is 3.23. The summed E-state index contributed by atoms with van der Waals surface area (Å²) >= 11 is 3.46. The molecule has 6 heteroatoms. The predicted octanol–water partition coefficient (Wildman–Crippen LogP) is 2.17. The summed E-state index contributed by atoms with van der Waals surface area (Å²) in [5, 5.41) is 7.71. The summed E-state index contributed by atoms with van der Waals surface area (Å²) in [6, 6.07) is 0.526. The molecule has 1 fully saturated rings. The zero-order valence-corrected chi connectivity index (χ0v) is 14.0. The topological polar surface area (TPSA) is 50.2 Å². The minimum Gasteiger partial charge on any atom is -0.369 e. The maximum absolute atomic E-state index is 12.3. The summed E-state index contributed by atoms with van der Waals surface area (Å²) in [6.07, 6.45) is 5.20. The lowest BCUT2D eigenvalue weighted by atomic mass is 10.1. The first-order valence-corrected chi connectivity index (χ1v) is 8.02. The first-order valence-electron chi connectivity index (χ1n) is 7.23. The lowest BCUT2D eigenvalue weighted by Gasteiger charge is -2.29. The Morgan fingerprint density at radius 1 is 1.45 bits per heavy atom. The zero-order valence-electron chi connectivity index (χ0n) is 12.4.